The molecule has 0 aromatic rings. The first-order chi connectivity index (χ1) is 6.89. The quantitative estimate of drug-likeness (QED) is 0.415. The van der Waals surface area contributed by atoms with Crippen LogP contribution < -0.4 is 0 Å². The van der Waals surface area contributed by atoms with Gasteiger partial charge in [-0.1, -0.05) is 18.5 Å². The number of hydrogen-bond donors (Lipinski definition) is 0. The highest BCUT2D eigenvalue weighted by molar-refractivity contribution is 7.58. The Balaban J connectivity index is 2.88. The fourth-order valence-electron chi connectivity index (χ4n) is 1.45. The fourth-order valence-corrected chi connectivity index (χ4v) is 4.19. The summed E-state index contributed by atoms with van der Waals surface area (Å²) in [5.74, 6) is 0. The Hall–Kier alpha value is 0.400. The lowest BCUT2D eigenvalue weighted by Gasteiger charge is -2.20. The molecular formula is C9H18ClO4P. The lowest BCUT2D eigenvalue weighted by Crippen LogP contribution is -2.19. The summed E-state index contributed by atoms with van der Waals surface area (Å²) in [7, 11) is -3.39. The number of hydrogen-bond acceptors (Lipinski definition) is 4. The van der Waals surface area contributed by atoms with E-state index in [9.17, 15) is 4.57 Å². The Morgan fingerprint density at radius 3 is 2.00 bits per heavy atom. The van der Waals surface area contributed by atoms with E-state index in [0.717, 1.165) is 0 Å². The predicted octanol–water partition coefficient (Wildman–Crippen LogP) is 3.34. The predicted molar refractivity (Wildman–Crippen MR) is 59.2 cm³/mol. The van der Waals surface area contributed by atoms with Gasteiger partial charge in [0.05, 0.1) is 13.2 Å². The second-order valence-electron chi connectivity index (χ2n) is 3.58. The maximum atomic E-state index is 12.4. The van der Waals surface area contributed by atoms with Crippen LogP contribution in [0.25, 0.3) is 0 Å². The smallest absolute Gasteiger partial charge is 0.335 e. The Bertz CT molecular complexity index is 275. The van der Waals surface area contributed by atoms with E-state index in [1.165, 1.54) is 0 Å². The van der Waals surface area contributed by atoms with Gasteiger partial charge in [0.2, 0.25) is 0 Å². The van der Waals surface area contributed by atoms with E-state index >= 15 is 0 Å². The summed E-state index contributed by atoms with van der Waals surface area (Å²) < 4.78 is 28.1. The minimum atomic E-state index is -3.39. The molecule has 2 unspecified atom stereocenters. The van der Waals surface area contributed by atoms with Crippen molar-refractivity contribution in [2.75, 3.05) is 13.2 Å². The summed E-state index contributed by atoms with van der Waals surface area (Å²) in [5.41, 5.74) is -0.617. The van der Waals surface area contributed by atoms with E-state index < -0.39 is 18.0 Å². The number of ether oxygens (including phenoxy) is 1. The zero-order valence-electron chi connectivity index (χ0n) is 9.58. The first-order valence-electron chi connectivity index (χ1n) is 5.17. The van der Waals surface area contributed by atoms with E-state index in [4.69, 9.17) is 25.4 Å². The Kier molecular flexibility index (Phi) is 3.90. The molecule has 0 spiro atoms. The van der Waals surface area contributed by atoms with Crippen molar-refractivity contribution >= 4 is 19.2 Å². The molecule has 1 fully saturated rings. The molecule has 15 heavy (non-hydrogen) atoms. The largest absolute Gasteiger partial charge is 0.380 e. The van der Waals surface area contributed by atoms with Crippen molar-refractivity contribution in [2.45, 2.75) is 44.5 Å². The fraction of sp³-hybridized carbons (Fsp3) is 1.00. The number of rotatable bonds is 6. The van der Waals surface area contributed by atoms with Gasteiger partial charge in [-0.2, -0.15) is 0 Å². The standard InChI is InChI=1S/C9H18ClO4P/c1-5-8(4)9(10,14-8)15(11,12-6-2)13-7-3/h5-7H2,1-4H3. The normalized spacial score (nSPS) is 35.5. The van der Waals surface area contributed by atoms with Crippen LogP contribution in [-0.4, -0.2) is 23.6 Å². The average Bonchev–Trinajstić information content (AvgIpc) is 2.73. The van der Waals surface area contributed by atoms with Crippen LogP contribution in [0.1, 0.15) is 34.1 Å². The van der Waals surface area contributed by atoms with Gasteiger partial charge >= 0.3 is 7.60 Å². The van der Waals surface area contributed by atoms with Gasteiger partial charge in [0, 0.05) is 0 Å². The molecule has 0 aromatic carbocycles. The van der Waals surface area contributed by atoms with Gasteiger partial charge in [0.15, 0.2) is 0 Å². The second kappa shape index (κ2) is 4.34. The summed E-state index contributed by atoms with van der Waals surface area (Å²) in [4.78, 5) is -1.30. The van der Waals surface area contributed by atoms with Crippen molar-refractivity contribution in [1.82, 2.24) is 0 Å². The van der Waals surface area contributed by atoms with Crippen molar-refractivity contribution in [3.05, 3.63) is 0 Å². The van der Waals surface area contributed by atoms with Gasteiger partial charge in [-0.05, 0) is 27.2 Å². The van der Waals surface area contributed by atoms with E-state index in [2.05, 4.69) is 0 Å². The van der Waals surface area contributed by atoms with Crippen molar-refractivity contribution < 1.29 is 18.3 Å². The van der Waals surface area contributed by atoms with Crippen LogP contribution in [0.15, 0.2) is 0 Å². The van der Waals surface area contributed by atoms with Crippen LogP contribution in [0.5, 0.6) is 0 Å². The Labute approximate surface area is 95.8 Å². The van der Waals surface area contributed by atoms with Crippen LogP contribution in [0, 0.1) is 0 Å². The molecule has 0 radical (unpaired) electrons. The minimum absolute atomic E-state index is 0.287. The van der Waals surface area contributed by atoms with Gasteiger partial charge in [0.25, 0.3) is 4.80 Å². The summed E-state index contributed by atoms with van der Waals surface area (Å²) in [6.07, 6.45) is 0.667. The molecular weight excluding hydrogens is 239 g/mol. The molecule has 0 saturated carbocycles. The molecule has 0 aromatic heterocycles. The van der Waals surface area contributed by atoms with E-state index in [-0.39, 0.29) is 13.2 Å². The lowest BCUT2D eigenvalue weighted by molar-refractivity contribution is 0.201. The van der Waals surface area contributed by atoms with Gasteiger partial charge < -0.3 is 13.8 Å². The number of halogens is 1. The SMILES string of the molecule is CCOP(=O)(OCC)C1(Cl)OC1(C)CC. The monoisotopic (exact) mass is 256 g/mol. The van der Waals surface area contributed by atoms with Gasteiger partial charge in [-0.15, -0.1) is 0 Å². The third kappa shape index (κ3) is 1.98. The zero-order valence-corrected chi connectivity index (χ0v) is 11.2. The first-order valence-corrected chi connectivity index (χ1v) is 7.09. The Morgan fingerprint density at radius 2 is 1.73 bits per heavy atom. The highest BCUT2D eigenvalue weighted by Gasteiger charge is 2.77. The maximum Gasteiger partial charge on any atom is 0.380 e. The lowest BCUT2D eigenvalue weighted by atomic mass is 10.1. The molecule has 0 aliphatic carbocycles. The maximum absolute atomic E-state index is 12.4. The number of alkyl halides is 1. The van der Waals surface area contributed by atoms with Crippen LogP contribution in [0.3, 0.4) is 0 Å². The molecule has 1 rings (SSSR count). The third-order valence-corrected chi connectivity index (χ3v) is 6.16. The van der Waals surface area contributed by atoms with E-state index in [1.807, 2.05) is 13.8 Å². The van der Waals surface area contributed by atoms with Gasteiger partial charge in [-0.25, -0.2) is 0 Å². The van der Waals surface area contributed by atoms with Crippen LogP contribution in [0.2, 0.25) is 0 Å². The zero-order chi connectivity index (χ0) is 11.7. The molecule has 4 nitrogen and oxygen atoms in total. The second-order valence-corrected chi connectivity index (χ2v) is 6.52. The molecule has 6 heteroatoms. The van der Waals surface area contributed by atoms with Crippen LogP contribution >= 0.6 is 19.2 Å². The average molecular weight is 257 g/mol. The van der Waals surface area contributed by atoms with Crippen molar-refractivity contribution in [1.29, 1.82) is 0 Å². The molecule has 1 heterocycles. The molecule has 90 valence electrons. The molecule has 0 N–H and O–H groups in total. The summed E-state index contributed by atoms with van der Waals surface area (Å²) >= 11 is 6.18. The highest BCUT2D eigenvalue weighted by Crippen LogP contribution is 2.77. The number of epoxide rings is 1. The summed E-state index contributed by atoms with van der Waals surface area (Å²) in [6, 6.07) is 0. The van der Waals surface area contributed by atoms with Gasteiger partial charge in [-0.3, -0.25) is 4.57 Å². The Morgan fingerprint density at radius 1 is 1.27 bits per heavy atom. The van der Waals surface area contributed by atoms with E-state index in [0.29, 0.717) is 6.42 Å². The van der Waals surface area contributed by atoms with Crippen molar-refractivity contribution in [3.8, 4) is 0 Å². The van der Waals surface area contributed by atoms with Crippen LogP contribution in [-0.2, 0) is 18.3 Å². The highest BCUT2D eigenvalue weighted by atomic mass is 35.5. The molecule has 1 aliphatic heterocycles. The summed E-state index contributed by atoms with van der Waals surface area (Å²) in [6.45, 7) is 7.80. The molecule has 2 atom stereocenters. The third-order valence-electron chi connectivity index (χ3n) is 2.60. The van der Waals surface area contributed by atoms with Crippen LogP contribution in [0.4, 0.5) is 0 Å². The molecule has 0 amide bonds. The summed E-state index contributed by atoms with van der Waals surface area (Å²) in [5, 5.41) is 0. The van der Waals surface area contributed by atoms with E-state index in [1.54, 1.807) is 13.8 Å². The first kappa shape index (κ1) is 13.5. The molecule has 1 saturated heterocycles. The minimum Gasteiger partial charge on any atom is -0.335 e. The van der Waals surface area contributed by atoms with Gasteiger partial charge in [0.1, 0.15) is 5.60 Å². The molecule has 1 aliphatic rings. The van der Waals surface area contributed by atoms with Crippen molar-refractivity contribution in [3.63, 3.8) is 0 Å². The van der Waals surface area contributed by atoms with Crippen molar-refractivity contribution in [2.24, 2.45) is 0 Å². The molecule has 0 bridgehead atoms. The topological polar surface area (TPSA) is 48.1 Å².